The van der Waals surface area contributed by atoms with Gasteiger partial charge in [-0.3, -0.25) is 4.79 Å². The van der Waals surface area contributed by atoms with Gasteiger partial charge in [0.15, 0.2) is 0 Å². The predicted octanol–water partition coefficient (Wildman–Crippen LogP) is 2.72. The number of nitrogens with zero attached hydrogens (tertiary/aromatic N) is 2. The third-order valence-corrected chi connectivity index (χ3v) is 5.20. The number of carbonyl (C=O) groups excluding carboxylic acids is 1. The zero-order valence-corrected chi connectivity index (χ0v) is 13.9. The van der Waals surface area contributed by atoms with Gasteiger partial charge in [-0.15, -0.1) is 11.3 Å². The fourth-order valence-electron chi connectivity index (χ4n) is 2.92. The lowest BCUT2D eigenvalue weighted by Gasteiger charge is -2.31. The molecule has 2 aromatic heterocycles. The normalized spacial score (nSPS) is 20.9. The minimum atomic E-state index is -1.12. The molecule has 0 radical (unpaired) electrons. The number of rotatable bonds is 4. The first-order valence-electron chi connectivity index (χ1n) is 7.46. The van der Waals surface area contributed by atoms with Crippen LogP contribution in [0.2, 0.25) is 0 Å². The Bertz CT molecular complexity index is 737. The third-order valence-electron chi connectivity index (χ3n) is 4.35. The average Bonchev–Trinajstić information content (AvgIpc) is 3.20. The number of likely N-dealkylation sites (tertiary alicyclic amines) is 1. The van der Waals surface area contributed by atoms with Crippen LogP contribution in [0.5, 0.6) is 0 Å². The van der Waals surface area contributed by atoms with E-state index in [0.29, 0.717) is 36.7 Å². The molecule has 1 unspecified atom stereocenters. The number of amides is 1. The Morgan fingerprint density at radius 1 is 1.52 bits per heavy atom. The monoisotopic (exact) mass is 334 g/mol. The summed E-state index contributed by atoms with van der Waals surface area (Å²) >= 11 is 1.52. The lowest BCUT2D eigenvalue weighted by Crippen LogP contribution is -2.51. The Morgan fingerprint density at radius 3 is 2.96 bits per heavy atom. The quantitative estimate of drug-likeness (QED) is 0.929. The second-order valence-electron chi connectivity index (χ2n) is 5.90. The van der Waals surface area contributed by atoms with Gasteiger partial charge in [0.2, 0.25) is 11.8 Å². The van der Waals surface area contributed by atoms with Crippen LogP contribution in [0.1, 0.15) is 31.2 Å². The van der Waals surface area contributed by atoms with Crippen LogP contribution >= 0.6 is 11.3 Å². The summed E-state index contributed by atoms with van der Waals surface area (Å²) in [6.45, 7) is 3.84. The van der Waals surface area contributed by atoms with Gasteiger partial charge in [-0.2, -0.15) is 0 Å². The molecule has 1 aliphatic heterocycles. The van der Waals surface area contributed by atoms with Crippen molar-refractivity contribution in [2.75, 3.05) is 6.54 Å². The van der Waals surface area contributed by atoms with Crippen LogP contribution in [0.4, 0.5) is 0 Å². The molecule has 0 aromatic carbocycles. The summed E-state index contributed by atoms with van der Waals surface area (Å²) in [4.78, 5) is 30.8. The second kappa shape index (κ2) is 5.81. The molecule has 1 amide bonds. The molecule has 0 spiro atoms. The van der Waals surface area contributed by atoms with Crippen LogP contribution < -0.4 is 0 Å². The maximum absolute atomic E-state index is 12.6. The van der Waals surface area contributed by atoms with Crippen LogP contribution in [-0.4, -0.2) is 39.0 Å². The summed E-state index contributed by atoms with van der Waals surface area (Å²) in [7, 11) is 0. The van der Waals surface area contributed by atoms with Crippen molar-refractivity contribution in [3.8, 4) is 10.8 Å². The van der Waals surface area contributed by atoms with Gasteiger partial charge >= 0.3 is 5.97 Å². The van der Waals surface area contributed by atoms with Gasteiger partial charge in [0.25, 0.3) is 0 Å². The SMILES string of the molecule is Cc1oc(-c2cccs2)nc1CC(=O)N1CCCC1(C)C(=O)O. The highest BCUT2D eigenvalue weighted by atomic mass is 32.1. The standard InChI is InChI=1S/C16H18N2O4S/c1-10-11(17-14(22-10)12-5-3-8-23-12)9-13(19)18-7-4-6-16(18,2)15(20)21/h3,5,8H,4,6-7,9H2,1-2H3,(H,20,21). The molecule has 122 valence electrons. The van der Waals surface area contributed by atoms with E-state index in [1.165, 1.54) is 16.2 Å². The number of aliphatic carboxylic acids is 1. The topological polar surface area (TPSA) is 83.6 Å². The molecule has 0 bridgehead atoms. The number of hydrogen-bond donors (Lipinski definition) is 1. The van der Waals surface area contributed by atoms with E-state index < -0.39 is 11.5 Å². The first-order chi connectivity index (χ1) is 10.9. The Hall–Kier alpha value is -2.15. The number of hydrogen-bond acceptors (Lipinski definition) is 5. The fourth-order valence-corrected chi connectivity index (χ4v) is 3.57. The fraction of sp³-hybridized carbons (Fsp3) is 0.438. The Balaban J connectivity index is 1.80. The van der Waals surface area contributed by atoms with Gasteiger partial charge in [-0.1, -0.05) is 6.07 Å². The molecule has 6 nitrogen and oxygen atoms in total. The largest absolute Gasteiger partial charge is 0.480 e. The van der Waals surface area contributed by atoms with E-state index in [1.54, 1.807) is 13.8 Å². The smallest absolute Gasteiger partial charge is 0.329 e. The van der Waals surface area contributed by atoms with Crippen molar-refractivity contribution < 1.29 is 19.1 Å². The van der Waals surface area contributed by atoms with E-state index in [4.69, 9.17) is 4.42 Å². The molecular formula is C16H18N2O4S. The van der Waals surface area contributed by atoms with Crippen LogP contribution in [0.15, 0.2) is 21.9 Å². The lowest BCUT2D eigenvalue weighted by molar-refractivity contribution is -0.155. The number of carboxylic acid groups (broad SMARTS) is 1. The van der Waals surface area contributed by atoms with Gasteiger partial charge in [0.1, 0.15) is 11.3 Å². The molecule has 1 N–H and O–H groups in total. The van der Waals surface area contributed by atoms with Crippen molar-refractivity contribution in [3.63, 3.8) is 0 Å². The first-order valence-corrected chi connectivity index (χ1v) is 8.34. The first kappa shape index (κ1) is 15.7. The Labute approximate surface area is 137 Å². The summed E-state index contributed by atoms with van der Waals surface area (Å²) in [6, 6.07) is 3.82. The van der Waals surface area contributed by atoms with E-state index in [0.717, 1.165) is 4.88 Å². The van der Waals surface area contributed by atoms with E-state index in [2.05, 4.69) is 4.98 Å². The molecule has 3 rings (SSSR count). The third kappa shape index (κ3) is 2.76. The molecule has 1 atom stereocenters. The van der Waals surface area contributed by atoms with Crippen LogP contribution in [0, 0.1) is 6.92 Å². The maximum atomic E-state index is 12.6. The van der Waals surface area contributed by atoms with Crippen molar-refractivity contribution in [2.45, 2.75) is 38.6 Å². The number of aryl methyl sites for hydroxylation is 1. The average molecular weight is 334 g/mol. The molecule has 1 saturated heterocycles. The molecule has 0 saturated carbocycles. The Kier molecular flexibility index (Phi) is 3.97. The molecule has 1 aliphatic rings. The minimum absolute atomic E-state index is 0.0591. The van der Waals surface area contributed by atoms with Crippen LogP contribution in [0.3, 0.4) is 0 Å². The molecular weight excluding hydrogens is 316 g/mol. The molecule has 2 aromatic rings. The van der Waals surface area contributed by atoms with Crippen molar-refractivity contribution in [2.24, 2.45) is 0 Å². The number of carboxylic acids is 1. The van der Waals surface area contributed by atoms with E-state index in [1.807, 2.05) is 17.5 Å². The van der Waals surface area contributed by atoms with Crippen molar-refractivity contribution >= 4 is 23.2 Å². The molecule has 3 heterocycles. The number of aromatic nitrogens is 1. The number of carbonyl (C=O) groups is 2. The zero-order chi connectivity index (χ0) is 16.6. The van der Waals surface area contributed by atoms with E-state index >= 15 is 0 Å². The van der Waals surface area contributed by atoms with Gasteiger partial charge in [0.05, 0.1) is 17.0 Å². The predicted molar refractivity (Wildman–Crippen MR) is 85.2 cm³/mol. The van der Waals surface area contributed by atoms with E-state index in [9.17, 15) is 14.7 Å². The van der Waals surface area contributed by atoms with Crippen LogP contribution in [0.25, 0.3) is 10.8 Å². The minimum Gasteiger partial charge on any atom is -0.480 e. The summed E-state index contributed by atoms with van der Waals surface area (Å²) in [6.07, 6.45) is 1.24. The highest BCUT2D eigenvalue weighted by Crippen LogP contribution is 2.31. The maximum Gasteiger partial charge on any atom is 0.329 e. The molecule has 23 heavy (non-hydrogen) atoms. The summed E-state index contributed by atoms with van der Waals surface area (Å²) < 4.78 is 5.63. The van der Waals surface area contributed by atoms with Crippen molar-refractivity contribution in [1.29, 1.82) is 0 Å². The molecule has 0 aliphatic carbocycles. The molecule has 1 fully saturated rings. The van der Waals surface area contributed by atoms with Crippen LogP contribution in [-0.2, 0) is 16.0 Å². The zero-order valence-electron chi connectivity index (χ0n) is 13.0. The van der Waals surface area contributed by atoms with Gasteiger partial charge in [-0.05, 0) is 38.1 Å². The van der Waals surface area contributed by atoms with Crippen molar-refractivity contribution in [1.82, 2.24) is 9.88 Å². The highest BCUT2D eigenvalue weighted by Gasteiger charge is 2.45. The van der Waals surface area contributed by atoms with Crippen molar-refractivity contribution in [3.05, 3.63) is 29.0 Å². The molecule has 7 heteroatoms. The lowest BCUT2D eigenvalue weighted by atomic mass is 9.99. The highest BCUT2D eigenvalue weighted by molar-refractivity contribution is 7.13. The van der Waals surface area contributed by atoms with Gasteiger partial charge in [0, 0.05) is 6.54 Å². The van der Waals surface area contributed by atoms with Gasteiger partial charge in [-0.25, -0.2) is 9.78 Å². The van der Waals surface area contributed by atoms with E-state index in [-0.39, 0.29) is 12.3 Å². The summed E-state index contributed by atoms with van der Waals surface area (Å²) in [5.41, 5.74) is -0.552. The summed E-state index contributed by atoms with van der Waals surface area (Å²) in [5, 5.41) is 11.3. The summed E-state index contributed by atoms with van der Waals surface area (Å²) in [5.74, 6) is -0.0817. The Morgan fingerprint density at radius 2 is 2.30 bits per heavy atom. The second-order valence-corrected chi connectivity index (χ2v) is 6.85. The number of oxazole rings is 1. The number of thiophene rings is 1. The van der Waals surface area contributed by atoms with Gasteiger partial charge < -0.3 is 14.4 Å².